The number of carbonyl (C=O) groups is 2. The molecule has 1 unspecified atom stereocenters. The Hall–Kier alpha value is -2.31. The summed E-state index contributed by atoms with van der Waals surface area (Å²) in [6, 6.07) is 3.36. The van der Waals surface area contributed by atoms with Gasteiger partial charge in [-0.3, -0.25) is 4.79 Å². The number of hydrogen-bond donors (Lipinski definition) is 2. The summed E-state index contributed by atoms with van der Waals surface area (Å²) in [6.45, 7) is 0.553. The maximum atomic E-state index is 13.0. The molecule has 0 spiro atoms. The monoisotopic (exact) mass is 282 g/mol. The Morgan fingerprint density at radius 2 is 2.25 bits per heavy atom. The van der Waals surface area contributed by atoms with Crippen LogP contribution in [-0.2, 0) is 4.79 Å². The van der Waals surface area contributed by atoms with Gasteiger partial charge < -0.3 is 20.1 Å². The number of hydrogen-bond acceptors (Lipinski definition) is 3. The van der Waals surface area contributed by atoms with Gasteiger partial charge in [0.15, 0.2) is 0 Å². The van der Waals surface area contributed by atoms with Gasteiger partial charge in [0.25, 0.3) is 0 Å². The van der Waals surface area contributed by atoms with Crippen LogP contribution in [0, 0.1) is 11.7 Å². The molecule has 1 aliphatic heterocycles. The summed E-state index contributed by atoms with van der Waals surface area (Å²) >= 11 is 0. The molecule has 1 fully saturated rings. The minimum absolute atomic E-state index is 0.171. The topological polar surface area (TPSA) is 78.9 Å². The van der Waals surface area contributed by atoms with Crippen LogP contribution < -0.4 is 10.1 Å². The van der Waals surface area contributed by atoms with Crippen molar-refractivity contribution in [1.82, 2.24) is 4.90 Å². The van der Waals surface area contributed by atoms with E-state index in [1.807, 2.05) is 0 Å². The van der Waals surface area contributed by atoms with Gasteiger partial charge in [0, 0.05) is 19.2 Å². The molecule has 20 heavy (non-hydrogen) atoms. The molecule has 108 valence electrons. The molecular formula is C13H15FN2O4. The fourth-order valence-corrected chi connectivity index (χ4v) is 2.11. The average Bonchev–Trinajstić information content (AvgIpc) is 2.90. The van der Waals surface area contributed by atoms with Crippen molar-refractivity contribution in [1.29, 1.82) is 0 Å². The van der Waals surface area contributed by atoms with Crippen molar-refractivity contribution in [2.45, 2.75) is 6.42 Å². The van der Waals surface area contributed by atoms with Gasteiger partial charge >= 0.3 is 12.0 Å². The maximum absolute atomic E-state index is 13.0. The molecule has 1 aliphatic rings. The largest absolute Gasteiger partial charge is 0.494 e. The Labute approximate surface area is 115 Å². The van der Waals surface area contributed by atoms with Crippen molar-refractivity contribution in [3.8, 4) is 5.75 Å². The van der Waals surface area contributed by atoms with Gasteiger partial charge in [0.1, 0.15) is 11.6 Å². The van der Waals surface area contributed by atoms with E-state index < -0.39 is 23.7 Å². The normalized spacial score (nSPS) is 17.9. The summed E-state index contributed by atoms with van der Waals surface area (Å²) in [7, 11) is 1.38. The van der Waals surface area contributed by atoms with E-state index in [0.29, 0.717) is 18.7 Å². The van der Waals surface area contributed by atoms with Crippen LogP contribution in [0.2, 0.25) is 0 Å². The van der Waals surface area contributed by atoms with Gasteiger partial charge in [-0.1, -0.05) is 0 Å². The lowest BCUT2D eigenvalue weighted by Crippen LogP contribution is -2.33. The van der Waals surface area contributed by atoms with Gasteiger partial charge in [-0.25, -0.2) is 9.18 Å². The summed E-state index contributed by atoms with van der Waals surface area (Å²) in [6.07, 6.45) is 0.434. The number of anilines is 1. The van der Waals surface area contributed by atoms with Gasteiger partial charge in [0.2, 0.25) is 0 Å². The number of rotatable bonds is 3. The second-order valence-corrected chi connectivity index (χ2v) is 4.54. The maximum Gasteiger partial charge on any atom is 0.321 e. The highest BCUT2D eigenvalue weighted by Gasteiger charge is 2.31. The highest BCUT2D eigenvalue weighted by atomic mass is 19.1. The first-order valence-electron chi connectivity index (χ1n) is 6.13. The minimum atomic E-state index is -0.903. The quantitative estimate of drug-likeness (QED) is 0.885. The molecule has 1 atom stereocenters. The first-order chi connectivity index (χ1) is 9.51. The number of methoxy groups -OCH3 is 1. The lowest BCUT2D eigenvalue weighted by atomic mass is 10.1. The fourth-order valence-electron chi connectivity index (χ4n) is 2.11. The lowest BCUT2D eigenvalue weighted by Gasteiger charge is -2.18. The Morgan fingerprint density at radius 3 is 2.85 bits per heavy atom. The molecule has 0 aromatic heterocycles. The average molecular weight is 282 g/mol. The molecule has 2 N–H and O–H groups in total. The van der Waals surface area contributed by atoms with E-state index in [9.17, 15) is 14.0 Å². The molecule has 2 rings (SSSR count). The molecule has 0 aliphatic carbocycles. The summed E-state index contributed by atoms with van der Waals surface area (Å²) in [5, 5.41) is 11.5. The Balaban J connectivity index is 2.04. The second kappa shape index (κ2) is 5.77. The first-order valence-corrected chi connectivity index (χ1v) is 6.13. The summed E-state index contributed by atoms with van der Waals surface area (Å²) in [5.74, 6) is -1.69. The SMILES string of the molecule is COc1cc(F)ccc1NC(=O)N1CCC(C(=O)O)C1. The second-order valence-electron chi connectivity index (χ2n) is 4.54. The number of nitrogens with zero attached hydrogens (tertiary/aromatic N) is 1. The molecule has 2 amide bonds. The molecule has 1 aromatic rings. The number of ether oxygens (including phenoxy) is 1. The van der Waals surface area contributed by atoms with E-state index in [-0.39, 0.29) is 12.3 Å². The zero-order valence-corrected chi connectivity index (χ0v) is 10.9. The molecular weight excluding hydrogens is 267 g/mol. The van der Waals surface area contributed by atoms with Crippen molar-refractivity contribution in [3.05, 3.63) is 24.0 Å². The van der Waals surface area contributed by atoms with Crippen LogP contribution in [0.4, 0.5) is 14.9 Å². The number of carboxylic acids is 1. The first kappa shape index (κ1) is 14.1. The number of urea groups is 1. The van der Waals surface area contributed by atoms with Crippen molar-refractivity contribution < 1.29 is 23.8 Å². The highest BCUT2D eigenvalue weighted by Crippen LogP contribution is 2.26. The third-order valence-corrected chi connectivity index (χ3v) is 3.23. The number of carbonyl (C=O) groups excluding carboxylic acids is 1. The molecule has 0 radical (unpaired) electrons. The zero-order valence-electron chi connectivity index (χ0n) is 10.9. The van der Waals surface area contributed by atoms with Crippen LogP contribution in [0.25, 0.3) is 0 Å². The Kier molecular flexibility index (Phi) is 4.07. The molecule has 0 saturated carbocycles. The van der Waals surface area contributed by atoms with E-state index >= 15 is 0 Å². The van der Waals surface area contributed by atoms with Crippen LogP contribution in [0.15, 0.2) is 18.2 Å². The third-order valence-electron chi connectivity index (χ3n) is 3.23. The highest BCUT2D eigenvalue weighted by molar-refractivity contribution is 5.91. The lowest BCUT2D eigenvalue weighted by molar-refractivity contribution is -0.141. The number of amides is 2. The summed E-state index contributed by atoms with van der Waals surface area (Å²) in [5.41, 5.74) is 0.345. The van der Waals surface area contributed by atoms with E-state index in [4.69, 9.17) is 9.84 Å². The van der Waals surface area contributed by atoms with E-state index in [1.54, 1.807) is 0 Å². The molecule has 6 nitrogen and oxygen atoms in total. The number of likely N-dealkylation sites (tertiary alicyclic amines) is 1. The van der Waals surface area contributed by atoms with Crippen molar-refractivity contribution in [2.75, 3.05) is 25.5 Å². The number of aliphatic carboxylic acids is 1. The van der Waals surface area contributed by atoms with Gasteiger partial charge in [-0.2, -0.15) is 0 Å². The van der Waals surface area contributed by atoms with Crippen LogP contribution in [0.3, 0.4) is 0 Å². The molecule has 1 saturated heterocycles. The molecule has 7 heteroatoms. The van der Waals surface area contributed by atoms with E-state index in [0.717, 1.165) is 0 Å². The van der Waals surface area contributed by atoms with E-state index in [1.165, 1.54) is 30.2 Å². The number of carboxylic acid groups (broad SMARTS) is 1. The van der Waals surface area contributed by atoms with Gasteiger partial charge in [0.05, 0.1) is 18.7 Å². The summed E-state index contributed by atoms with van der Waals surface area (Å²) in [4.78, 5) is 24.3. The standard InChI is InChI=1S/C13H15FN2O4/c1-20-11-6-9(14)2-3-10(11)15-13(19)16-5-4-8(7-16)12(17)18/h2-3,6,8H,4-5,7H2,1H3,(H,15,19)(H,17,18). The fraction of sp³-hybridized carbons (Fsp3) is 0.385. The van der Waals surface area contributed by atoms with Crippen LogP contribution in [0.1, 0.15) is 6.42 Å². The summed E-state index contributed by atoms with van der Waals surface area (Å²) < 4.78 is 18.0. The molecule has 1 heterocycles. The van der Waals surface area contributed by atoms with Gasteiger partial charge in [-0.15, -0.1) is 0 Å². The predicted octanol–water partition coefficient (Wildman–Crippen LogP) is 1.77. The Bertz CT molecular complexity index is 535. The Morgan fingerprint density at radius 1 is 1.50 bits per heavy atom. The molecule has 1 aromatic carbocycles. The van der Waals surface area contributed by atoms with Crippen molar-refractivity contribution in [3.63, 3.8) is 0 Å². The third kappa shape index (κ3) is 2.98. The number of nitrogens with one attached hydrogen (secondary N) is 1. The minimum Gasteiger partial charge on any atom is -0.494 e. The smallest absolute Gasteiger partial charge is 0.321 e. The van der Waals surface area contributed by atoms with Crippen LogP contribution in [-0.4, -0.2) is 42.2 Å². The van der Waals surface area contributed by atoms with E-state index in [2.05, 4.69) is 5.32 Å². The predicted molar refractivity (Wildman–Crippen MR) is 69.3 cm³/mol. The number of halogens is 1. The van der Waals surface area contributed by atoms with Crippen LogP contribution in [0.5, 0.6) is 5.75 Å². The van der Waals surface area contributed by atoms with Crippen molar-refractivity contribution in [2.24, 2.45) is 5.92 Å². The number of benzene rings is 1. The van der Waals surface area contributed by atoms with Crippen LogP contribution >= 0.6 is 0 Å². The molecule has 0 bridgehead atoms. The van der Waals surface area contributed by atoms with Gasteiger partial charge in [-0.05, 0) is 18.6 Å². The van der Waals surface area contributed by atoms with Crippen molar-refractivity contribution >= 4 is 17.7 Å². The zero-order chi connectivity index (χ0) is 14.7.